The molecule has 21 heavy (non-hydrogen) atoms. The summed E-state index contributed by atoms with van der Waals surface area (Å²) in [7, 11) is 1.64. The number of hydrogen-bond acceptors (Lipinski definition) is 6. The Bertz CT molecular complexity index is 662. The van der Waals surface area contributed by atoms with Crippen molar-refractivity contribution in [3.63, 3.8) is 0 Å². The summed E-state index contributed by atoms with van der Waals surface area (Å²) in [5.41, 5.74) is 5.67. The maximum atomic E-state index is 12.1. The fraction of sp³-hybridized carbons (Fsp3) is 0.462. The standard InChI is InChI=1S/C13H15BrN4O3/c1-18(11(19)8-3-4-9(14)20-8)7-10-16-12(17-21-10)13(15)5-2-6-13/h3-4H,2,5-7,15H2,1H3. The first-order valence-electron chi connectivity index (χ1n) is 6.61. The summed E-state index contributed by atoms with van der Waals surface area (Å²) >= 11 is 3.16. The molecule has 1 aliphatic carbocycles. The van der Waals surface area contributed by atoms with E-state index in [9.17, 15) is 4.79 Å². The molecule has 1 aliphatic rings. The van der Waals surface area contributed by atoms with E-state index in [0.29, 0.717) is 16.4 Å². The van der Waals surface area contributed by atoms with Gasteiger partial charge in [-0.1, -0.05) is 5.16 Å². The molecule has 2 aromatic rings. The van der Waals surface area contributed by atoms with E-state index >= 15 is 0 Å². The lowest BCUT2D eigenvalue weighted by molar-refractivity contribution is 0.0736. The Labute approximate surface area is 129 Å². The number of nitrogens with zero attached hydrogens (tertiary/aromatic N) is 3. The highest BCUT2D eigenvalue weighted by Gasteiger charge is 2.39. The van der Waals surface area contributed by atoms with E-state index in [1.807, 2.05) is 0 Å². The number of hydrogen-bond donors (Lipinski definition) is 1. The van der Waals surface area contributed by atoms with Gasteiger partial charge in [0, 0.05) is 7.05 Å². The number of aromatic nitrogens is 2. The van der Waals surface area contributed by atoms with Crippen LogP contribution < -0.4 is 5.73 Å². The first-order valence-corrected chi connectivity index (χ1v) is 7.40. The van der Waals surface area contributed by atoms with E-state index in [1.54, 1.807) is 19.2 Å². The van der Waals surface area contributed by atoms with Crippen molar-refractivity contribution in [1.82, 2.24) is 15.0 Å². The first-order chi connectivity index (χ1) is 9.98. The van der Waals surface area contributed by atoms with E-state index in [1.165, 1.54) is 4.90 Å². The van der Waals surface area contributed by atoms with Crippen molar-refractivity contribution in [1.29, 1.82) is 0 Å². The van der Waals surface area contributed by atoms with E-state index in [2.05, 4.69) is 26.1 Å². The second-order valence-corrected chi connectivity index (χ2v) is 6.07. The molecule has 0 spiro atoms. The SMILES string of the molecule is CN(Cc1nc(C2(N)CCC2)no1)C(=O)c1ccc(Br)o1. The van der Waals surface area contributed by atoms with Gasteiger partial charge in [-0.25, -0.2) is 0 Å². The monoisotopic (exact) mass is 354 g/mol. The Morgan fingerprint density at radius 2 is 2.29 bits per heavy atom. The lowest BCUT2D eigenvalue weighted by Gasteiger charge is -2.34. The van der Waals surface area contributed by atoms with Gasteiger partial charge in [0.25, 0.3) is 5.91 Å². The molecule has 0 aliphatic heterocycles. The molecular weight excluding hydrogens is 340 g/mol. The third-order valence-electron chi connectivity index (χ3n) is 3.66. The molecule has 1 amide bonds. The average Bonchev–Trinajstić information content (AvgIpc) is 3.04. The number of furan rings is 1. The van der Waals surface area contributed by atoms with Crippen molar-refractivity contribution in [3.05, 3.63) is 34.3 Å². The number of carbonyl (C=O) groups is 1. The highest BCUT2D eigenvalue weighted by atomic mass is 79.9. The number of nitrogens with two attached hydrogens (primary N) is 1. The first kappa shape index (κ1) is 14.3. The zero-order chi connectivity index (χ0) is 15.0. The van der Waals surface area contributed by atoms with E-state index < -0.39 is 5.54 Å². The molecule has 0 unspecified atom stereocenters. The van der Waals surface area contributed by atoms with Gasteiger partial charge in [0.2, 0.25) is 5.89 Å². The molecule has 0 saturated heterocycles. The smallest absolute Gasteiger partial charge is 0.289 e. The van der Waals surface area contributed by atoms with Crippen LogP contribution in [0.4, 0.5) is 0 Å². The summed E-state index contributed by atoms with van der Waals surface area (Å²) in [5, 5.41) is 3.92. The van der Waals surface area contributed by atoms with Gasteiger partial charge in [0.05, 0.1) is 5.54 Å². The molecule has 0 atom stereocenters. The highest BCUT2D eigenvalue weighted by Crippen LogP contribution is 2.36. The Morgan fingerprint density at radius 3 is 2.86 bits per heavy atom. The molecule has 7 nitrogen and oxygen atoms in total. The van der Waals surface area contributed by atoms with Crippen molar-refractivity contribution in [2.24, 2.45) is 5.73 Å². The summed E-state index contributed by atoms with van der Waals surface area (Å²) < 4.78 is 10.9. The zero-order valence-electron chi connectivity index (χ0n) is 11.5. The van der Waals surface area contributed by atoms with Gasteiger partial charge in [-0.15, -0.1) is 0 Å². The van der Waals surface area contributed by atoms with Crippen LogP contribution in [0.1, 0.15) is 41.5 Å². The Morgan fingerprint density at radius 1 is 1.52 bits per heavy atom. The van der Waals surface area contributed by atoms with Crippen LogP contribution in [0, 0.1) is 0 Å². The van der Waals surface area contributed by atoms with Crippen LogP contribution in [0.3, 0.4) is 0 Å². The van der Waals surface area contributed by atoms with Gasteiger partial charge in [-0.3, -0.25) is 4.79 Å². The highest BCUT2D eigenvalue weighted by molar-refractivity contribution is 9.10. The molecule has 0 bridgehead atoms. The fourth-order valence-electron chi connectivity index (χ4n) is 2.19. The summed E-state index contributed by atoms with van der Waals surface area (Å²) in [4.78, 5) is 17.9. The van der Waals surface area contributed by atoms with Crippen LogP contribution in [0.5, 0.6) is 0 Å². The van der Waals surface area contributed by atoms with E-state index in [-0.39, 0.29) is 18.2 Å². The van der Waals surface area contributed by atoms with Gasteiger partial charge in [-0.05, 0) is 47.3 Å². The van der Waals surface area contributed by atoms with Crippen molar-refractivity contribution in [3.8, 4) is 0 Å². The summed E-state index contributed by atoms with van der Waals surface area (Å²) in [6.07, 6.45) is 2.80. The molecule has 1 fully saturated rings. The second-order valence-electron chi connectivity index (χ2n) is 5.29. The molecule has 1 saturated carbocycles. The van der Waals surface area contributed by atoms with Crippen molar-refractivity contribution >= 4 is 21.8 Å². The van der Waals surface area contributed by atoms with Gasteiger partial charge in [0.15, 0.2) is 16.3 Å². The second kappa shape index (κ2) is 5.27. The van der Waals surface area contributed by atoms with Gasteiger partial charge >= 0.3 is 0 Å². The quantitative estimate of drug-likeness (QED) is 0.901. The van der Waals surface area contributed by atoms with Crippen molar-refractivity contribution in [2.45, 2.75) is 31.3 Å². The Balaban J connectivity index is 1.67. The van der Waals surface area contributed by atoms with Crippen LogP contribution in [0.25, 0.3) is 0 Å². The molecular formula is C13H15BrN4O3. The largest absolute Gasteiger partial charge is 0.444 e. The summed E-state index contributed by atoms with van der Waals surface area (Å²) in [6, 6.07) is 3.27. The van der Waals surface area contributed by atoms with Crippen LogP contribution in [0.15, 0.2) is 25.7 Å². The third-order valence-corrected chi connectivity index (χ3v) is 4.09. The van der Waals surface area contributed by atoms with Crippen molar-refractivity contribution < 1.29 is 13.7 Å². The third kappa shape index (κ3) is 2.73. The lowest BCUT2D eigenvalue weighted by Crippen LogP contribution is -2.44. The Kier molecular flexibility index (Phi) is 3.58. The van der Waals surface area contributed by atoms with Crippen LogP contribution in [-0.4, -0.2) is 28.0 Å². The number of amides is 1. The van der Waals surface area contributed by atoms with Crippen LogP contribution in [0.2, 0.25) is 0 Å². The molecule has 2 N–H and O–H groups in total. The molecule has 3 rings (SSSR count). The predicted octanol–water partition coefficient (Wildman–Crippen LogP) is 2.04. The van der Waals surface area contributed by atoms with Crippen LogP contribution >= 0.6 is 15.9 Å². The minimum absolute atomic E-state index is 0.209. The number of halogens is 1. The average molecular weight is 355 g/mol. The van der Waals surface area contributed by atoms with Gasteiger partial charge in [-0.2, -0.15) is 4.98 Å². The summed E-state index contributed by atoms with van der Waals surface area (Å²) in [5.74, 6) is 0.874. The number of carbonyl (C=O) groups excluding carboxylic acids is 1. The van der Waals surface area contributed by atoms with E-state index in [0.717, 1.165) is 19.3 Å². The maximum absolute atomic E-state index is 12.1. The van der Waals surface area contributed by atoms with E-state index in [4.69, 9.17) is 14.7 Å². The van der Waals surface area contributed by atoms with Gasteiger partial charge < -0.3 is 19.6 Å². The predicted molar refractivity (Wildman–Crippen MR) is 76.2 cm³/mol. The molecule has 2 aromatic heterocycles. The van der Waals surface area contributed by atoms with Gasteiger partial charge in [0.1, 0.15) is 6.54 Å². The molecule has 8 heteroatoms. The lowest BCUT2D eigenvalue weighted by atomic mass is 9.77. The molecule has 112 valence electrons. The number of rotatable bonds is 4. The topological polar surface area (TPSA) is 98.4 Å². The zero-order valence-corrected chi connectivity index (χ0v) is 13.1. The minimum atomic E-state index is -0.462. The van der Waals surface area contributed by atoms with Crippen molar-refractivity contribution in [2.75, 3.05) is 7.05 Å². The minimum Gasteiger partial charge on any atom is -0.444 e. The van der Waals surface area contributed by atoms with Crippen LogP contribution in [-0.2, 0) is 12.1 Å². The molecule has 2 heterocycles. The Hall–Kier alpha value is -1.67. The molecule has 0 aromatic carbocycles. The maximum Gasteiger partial charge on any atom is 0.289 e. The molecule has 0 radical (unpaired) electrons. The normalized spacial score (nSPS) is 16.5. The fourth-order valence-corrected chi connectivity index (χ4v) is 2.50. The summed E-state index contributed by atoms with van der Waals surface area (Å²) in [6.45, 7) is 0.209.